The fraction of sp³-hybridized carbons (Fsp3) is 0. The molecule has 0 unspecified atom stereocenters. The standard InChI is InChI=1S/C6H5BrClNO2S/c7-5-1-3-6(4-2-5)9-12(8,10)11/h1-4,9H. The lowest BCUT2D eigenvalue weighted by Crippen LogP contribution is -2.03. The van der Waals surface area contributed by atoms with Crippen molar-refractivity contribution in [2.45, 2.75) is 0 Å². The van der Waals surface area contributed by atoms with Crippen molar-refractivity contribution in [3.8, 4) is 0 Å². The minimum Gasteiger partial charge on any atom is -0.271 e. The Kier molecular flexibility index (Phi) is 2.98. The molecule has 66 valence electrons. The maximum absolute atomic E-state index is 10.5. The summed E-state index contributed by atoms with van der Waals surface area (Å²) in [5.74, 6) is 0. The highest BCUT2D eigenvalue weighted by Crippen LogP contribution is 2.15. The second-order valence-corrected chi connectivity index (χ2v) is 5.26. The molecule has 0 radical (unpaired) electrons. The van der Waals surface area contributed by atoms with Crippen LogP contribution in [0.2, 0.25) is 0 Å². The lowest BCUT2D eigenvalue weighted by molar-refractivity contribution is 0.614. The van der Waals surface area contributed by atoms with Crippen LogP contribution in [0.15, 0.2) is 28.7 Å². The molecule has 0 fully saturated rings. The van der Waals surface area contributed by atoms with E-state index in [1.54, 1.807) is 24.3 Å². The van der Waals surface area contributed by atoms with Gasteiger partial charge in [0, 0.05) is 20.8 Å². The Morgan fingerprint density at radius 3 is 2.17 bits per heavy atom. The number of rotatable bonds is 2. The number of hydrogen-bond acceptors (Lipinski definition) is 2. The molecule has 0 heterocycles. The average Bonchev–Trinajstić information content (AvgIpc) is 1.91. The van der Waals surface area contributed by atoms with Crippen molar-refractivity contribution in [2.24, 2.45) is 0 Å². The van der Waals surface area contributed by atoms with E-state index < -0.39 is 9.24 Å². The second-order valence-electron chi connectivity index (χ2n) is 2.05. The molecule has 0 spiro atoms. The van der Waals surface area contributed by atoms with E-state index in [2.05, 4.69) is 20.7 Å². The Balaban J connectivity index is 2.85. The fourth-order valence-corrected chi connectivity index (χ4v) is 1.61. The summed E-state index contributed by atoms with van der Waals surface area (Å²) in [7, 11) is 1.27. The third-order valence-corrected chi connectivity index (χ3v) is 2.32. The summed E-state index contributed by atoms with van der Waals surface area (Å²) >= 11 is 3.21. The molecule has 1 aromatic carbocycles. The first-order chi connectivity index (χ1) is 5.47. The Hall–Kier alpha value is -0.260. The van der Waals surface area contributed by atoms with Gasteiger partial charge >= 0.3 is 9.24 Å². The normalized spacial score (nSPS) is 11.2. The van der Waals surface area contributed by atoms with E-state index in [4.69, 9.17) is 10.7 Å². The summed E-state index contributed by atoms with van der Waals surface area (Å²) in [5.41, 5.74) is 0.438. The van der Waals surface area contributed by atoms with E-state index in [9.17, 15) is 8.42 Å². The zero-order chi connectivity index (χ0) is 9.19. The van der Waals surface area contributed by atoms with Gasteiger partial charge in [0.25, 0.3) is 0 Å². The first-order valence-electron chi connectivity index (χ1n) is 2.95. The van der Waals surface area contributed by atoms with Gasteiger partial charge in [0.1, 0.15) is 0 Å². The smallest absolute Gasteiger partial charge is 0.271 e. The molecule has 0 aliphatic carbocycles. The molecule has 0 atom stereocenters. The van der Waals surface area contributed by atoms with Crippen molar-refractivity contribution in [1.82, 2.24) is 0 Å². The molecule has 3 nitrogen and oxygen atoms in total. The van der Waals surface area contributed by atoms with Gasteiger partial charge in [-0.1, -0.05) is 15.9 Å². The molecular formula is C6H5BrClNO2S. The molecule has 1 aromatic rings. The molecule has 6 heteroatoms. The highest BCUT2D eigenvalue weighted by molar-refractivity contribution is 9.10. The summed E-state index contributed by atoms with van der Waals surface area (Å²) in [6.45, 7) is 0. The zero-order valence-electron chi connectivity index (χ0n) is 5.79. The first-order valence-corrected chi connectivity index (χ1v) is 6.05. The number of benzene rings is 1. The Morgan fingerprint density at radius 2 is 1.75 bits per heavy atom. The minimum absolute atomic E-state index is 0.438. The molecule has 0 saturated carbocycles. The number of hydrogen-bond donors (Lipinski definition) is 1. The predicted octanol–water partition coefficient (Wildman–Crippen LogP) is 2.34. The summed E-state index contributed by atoms with van der Waals surface area (Å²) in [4.78, 5) is 0. The molecule has 1 rings (SSSR count). The summed E-state index contributed by atoms with van der Waals surface area (Å²) < 4.78 is 24.1. The Bertz CT molecular complexity index is 362. The van der Waals surface area contributed by atoms with Crippen molar-refractivity contribution < 1.29 is 8.42 Å². The maximum atomic E-state index is 10.5. The molecule has 0 aromatic heterocycles. The third kappa shape index (κ3) is 3.42. The van der Waals surface area contributed by atoms with Gasteiger partial charge in [0.15, 0.2) is 0 Å². The van der Waals surface area contributed by atoms with Crippen LogP contribution in [0.25, 0.3) is 0 Å². The molecule has 0 amide bonds. The van der Waals surface area contributed by atoms with Crippen molar-refractivity contribution in [1.29, 1.82) is 0 Å². The lowest BCUT2D eigenvalue weighted by Gasteiger charge is -2.00. The maximum Gasteiger partial charge on any atom is 0.319 e. The average molecular weight is 271 g/mol. The van der Waals surface area contributed by atoms with Crippen LogP contribution in [0.5, 0.6) is 0 Å². The SMILES string of the molecule is O=S(=O)(Cl)Nc1ccc(Br)cc1. The van der Waals surface area contributed by atoms with E-state index in [0.29, 0.717) is 5.69 Å². The lowest BCUT2D eigenvalue weighted by atomic mass is 10.3. The summed E-state index contributed by atoms with van der Waals surface area (Å²) in [6, 6.07) is 6.63. The van der Waals surface area contributed by atoms with Crippen LogP contribution in [0, 0.1) is 0 Å². The topological polar surface area (TPSA) is 46.2 Å². The predicted molar refractivity (Wildman–Crippen MR) is 52.5 cm³/mol. The molecule has 0 bridgehead atoms. The van der Waals surface area contributed by atoms with Gasteiger partial charge in [-0.15, -0.1) is 0 Å². The zero-order valence-corrected chi connectivity index (χ0v) is 8.95. The summed E-state index contributed by atoms with van der Waals surface area (Å²) in [5, 5.41) is 0. The molecule has 0 aliphatic heterocycles. The minimum atomic E-state index is -3.68. The van der Waals surface area contributed by atoms with Crippen molar-refractivity contribution in [2.75, 3.05) is 4.72 Å². The van der Waals surface area contributed by atoms with Gasteiger partial charge in [0.05, 0.1) is 0 Å². The van der Waals surface area contributed by atoms with E-state index in [-0.39, 0.29) is 0 Å². The molecular weight excluding hydrogens is 265 g/mol. The van der Waals surface area contributed by atoms with E-state index in [0.717, 1.165) is 4.47 Å². The van der Waals surface area contributed by atoms with Gasteiger partial charge in [-0.3, -0.25) is 4.72 Å². The third-order valence-electron chi connectivity index (χ3n) is 1.08. The monoisotopic (exact) mass is 269 g/mol. The number of anilines is 1. The molecule has 1 N–H and O–H groups in total. The Labute approximate surface area is 83.4 Å². The first kappa shape index (κ1) is 9.83. The van der Waals surface area contributed by atoms with E-state index >= 15 is 0 Å². The van der Waals surface area contributed by atoms with Gasteiger partial charge in [-0.25, -0.2) is 0 Å². The van der Waals surface area contributed by atoms with Gasteiger partial charge in [-0.05, 0) is 24.3 Å². The highest BCUT2D eigenvalue weighted by atomic mass is 79.9. The fourth-order valence-electron chi connectivity index (χ4n) is 0.659. The van der Waals surface area contributed by atoms with Crippen LogP contribution in [0.1, 0.15) is 0 Å². The summed E-state index contributed by atoms with van der Waals surface area (Å²) in [6.07, 6.45) is 0. The largest absolute Gasteiger partial charge is 0.319 e. The van der Waals surface area contributed by atoms with Crippen LogP contribution in [-0.2, 0) is 9.24 Å². The van der Waals surface area contributed by atoms with Crippen LogP contribution in [-0.4, -0.2) is 8.42 Å². The second kappa shape index (κ2) is 3.64. The molecule has 0 aliphatic rings. The molecule has 12 heavy (non-hydrogen) atoms. The van der Waals surface area contributed by atoms with Gasteiger partial charge < -0.3 is 0 Å². The van der Waals surface area contributed by atoms with Crippen molar-refractivity contribution in [3.63, 3.8) is 0 Å². The number of nitrogens with one attached hydrogen (secondary N) is 1. The van der Waals surface area contributed by atoms with Gasteiger partial charge in [-0.2, -0.15) is 8.42 Å². The quantitative estimate of drug-likeness (QED) is 0.839. The van der Waals surface area contributed by atoms with Crippen molar-refractivity contribution in [3.05, 3.63) is 28.7 Å². The van der Waals surface area contributed by atoms with Gasteiger partial charge in [0.2, 0.25) is 0 Å². The molecule has 0 saturated heterocycles. The Morgan fingerprint density at radius 1 is 1.25 bits per heavy atom. The highest BCUT2D eigenvalue weighted by Gasteiger charge is 2.02. The number of halogens is 2. The van der Waals surface area contributed by atoms with E-state index in [1.165, 1.54) is 0 Å². The van der Waals surface area contributed by atoms with Crippen molar-refractivity contribution >= 4 is 41.5 Å². The van der Waals surface area contributed by atoms with E-state index in [1.807, 2.05) is 0 Å². The van der Waals surface area contributed by atoms with Crippen LogP contribution < -0.4 is 4.72 Å². The van der Waals surface area contributed by atoms with Crippen LogP contribution >= 0.6 is 26.6 Å². The van der Waals surface area contributed by atoms with Crippen LogP contribution in [0.4, 0.5) is 5.69 Å². The van der Waals surface area contributed by atoms with Crippen LogP contribution in [0.3, 0.4) is 0 Å².